The second kappa shape index (κ2) is 4.78. The molecule has 2 aliphatic rings. The molecular weight excluding hydrogens is 192 g/mol. The zero-order chi connectivity index (χ0) is 10.8. The predicted octanol–water partition coefficient (Wildman–Crippen LogP) is -0.0522. The highest BCUT2D eigenvalue weighted by Gasteiger charge is 2.36. The van der Waals surface area contributed by atoms with Crippen LogP contribution < -0.4 is 5.73 Å². The van der Waals surface area contributed by atoms with Crippen molar-refractivity contribution in [3.63, 3.8) is 0 Å². The fourth-order valence-corrected chi connectivity index (χ4v) is 2.79. The van der Waals surface area contributed by atoms with Crippen LogP contribution in [0.5, 0.6) is 0 Å². The van der Waals surface area contributed by atoms with Crippen LogP contribution in [0.4, 0.5) is 0 Å². The number of nitrogens with two attached hydrogens (primary N) is 1. The summed E-state index contributed by atoms with van der Waals surface area (Å²) in [5, 5.41) is 9.12. The van der Waals surface area contributed by atoms with E-state index in [1.165, 1.54) is 12.8 Å². The van der Waals surface area contributed by atoms with Gasteiger partial charge in [0.25, 0.3) is 0 Å². The molecular formula is C11H22N2O2. The highest BCUT2D eigenvalue weighted by molar-refractivity contribution is 4.92. The van der Waals surface area contributed by atoms with Gasteiger partial charge in [0.05, 0.1) is 19.3 Å². The monoisotopic (exact) mass is 214 g/mol. The lowest BCUT2D eigenvalue weighted by atomic mass is 10.1. The van der Waals surface area contributed by atoms with Crippen molar-refractivity contribution in [2.75, 3.05) is 19.8 Å². The molecule has 1 aliphatic carbocycles. The largest absolute Gasteiger partial charge is 0.394 e. The summed E-state index contributed by atoms with van der Waals surface area (Å²) in [7, 11) is 0. The van der Waals surface area contributed by atoms with E-state index >= 15 is 0 Å². The van der Waals surface area contributed by atoms with Gasteiger partial charge in [-0.3, -0.25) is 4.90 Å². The van der Waals surface area contributed by atoms with Gasteiger partial charge in [-0.15, -0.1) is 0 Å². The van der Waals surface area contributed by atoms with E-state index in [4.69, 9.17) is 15.6 Å². The van der Waals surface area contributed by atoms with E-state index in [2.05, 4.69) is 11.8 Å². The Bertz CT molecular complexity index is 213. The van der Waals surface area contributed by atoms with Gasteiger partial charge in [-0.2, -0.15) is 0 Å². The number of nitrogens with zero attached hydrogens (tertiary/aromatic N) is 1. The van der Waals surface area contributed by atoms with Crippen LogP contribution in [0.1, 0.15) is 26.2 Å². The van der Waals surface area contributed by atoms with Crippen molar-refractivity contribution in [2.45, 2.75) is 50.4 Å². The van der Waals surface area contributed by atoms with Crippen LogP contribution in [0.25, 0.3) is 0 Å². The summed E-state index contributed by atoms with van der Waals surface area (Å²) in [5.74, 6) is 0. The molecule has 4 heteroatoms. The highest BCUT2D eigenvalue weighted by atomic mass is 16.5. The number of hydrogen-bond acceptors (Lipinski definition) is 4. The number of morpholine rings is 1. The Labute approximate surface area is 91.4 Å². The second-order valence-electron chi connectivity index (χ2n) is 4.85. The summed E-state index contributed by atoms with van der Waals surface area (Å²) in [6, 6.07) is 1.24. The molecule has 1 aliphatic heterocycles. The van der Waals surface area contributed by atoms with Gasteiger partial charge >= 0.3 is 0 Å². The van der Waals surface area contributed by atoms with E-state index in [1.54, 1.807) is 0 Å². The van der Waals surface area contributed by atoms with Crippen LogP contribution in [0.3, 0.4) is 0 Å². The summed E-state index contributed by atoms with van der Waals surface area (Å²) in [6.07, 6.45) is 3.55. The third-order valence-corrected chi connectivity index (χ3v) is 3.71. The minimum absolute atomic E-state index is 0.0194. The van der Waals surface area contributed by atoms with Crippen LogP contribution in [0, 0.1) is 0 Å². The third kappa shape index (κ3) is 2.33. The second-order valence-corrected chi connectivity index (χ2v) is 4.85. The topological polar surface area (TPSA) is 58.7 Å². The lowest BCUT2D eigenvalue weighted by Gasteiger charge is -2.42. The number of ether oxygens (including phenoxy) is 1. The number of hydrogen-bond donors (Lipinski definition) is 2. The van der Waals surface area contributed by atoms with Crippen molar-refractivity contribution in [1.29, 1.82) is 0 Å². The first-order valence-corrected chi connectivity index (χ1v) is 5.96. The first kappa shape index (κ1) is 11.3. The Balaban J connectivity index is 1.98. The molecule has 1 saturated carbocycles. The summed E-state index contributed by atoms with van der Waals surface area (Å²) in [5.41, 5.74) is 6.11. The minimum atomic E-state index is -0.0194. The van der Waals surface area contributed by atoms with E-state index in [-0.39, 0.29) is 12.7 Å². The van der Waals surface area contributed by atoms with Gasteiger partial charge in [0.2, 0.25) is 0 Å². The van der Waals surface area contributed by atoms with E-state index in [1.807, 2.05) is 0 Å². The highest BCUT2D eigenvalue weighted by Crippen LogP contribution is 2.26. The van der Waals surface area contributed by atoms with Crippen LogP contribution in [0.15, 0.2) is 0 Å². The lowest BCUT2D eigenvalue weighted by Crippen LogP contribution is -2.56. The van der Waals surface area contributed by atoms with Gasteiger partial charge in [-0.1, -0.05) is 6.42 Å². The predicted molar refractivity (Wildman–Crippen MR) is 58.6 cm³/mol. The normalized spacial score (nSPS) is 43.4. The fourth-order valence-electron chi connectivity index (χ4n) is 2.79. The summed E-state index contributed by atoms with van der Waals surface area (Å²) in [6.45, 7) is 3.84. The van der Waals surface area contributed by atoms with Crippen LogP contribution >= 0.6 is 0 Å². The van der Waals surface area contributed by atoms with Crippen molar-refractivity contribution in [1.82, 2.24) is 4.90 Å². The Morgan fingerprint density at radius 3 is 2.87 bits per heavy atom. The Morgan fingerprint density at radius 2 is 2.27 bits per heavy atom. The molecule has 4 atom stereocenters. The molecule has 15 heavy (non-hydrogen) atoms. The molecule has 0 spiro atoms. The maximum atomic E-state index is 9.12. The number of rotatable bonds is 2. The lowest BCUT2D eigenvalue weighted by molar-refractivity contribution is -0.0918. The van der Waals surface area contributed by atoms with Crippen molar-refractivity contribution in [2.24, 2.45) is 5.73 Å². The zero-order valence-electron chi connectivity index (χ0n) is 9.43. The Kier molecular flexibility index (Phi) is 3.61. The van der Waals surface area contributed by atoms with E-state index < -0.39 is 0 Å². The van der Waals surface area contributed by atoms with Crippen molar-refractivity contribution >= 4 is 0 Å². The van der Waals surface area contributed by atoms with Gasteiger partial charge in [-0.05, 0) is 19.8 Å². The summed E-state index contributed by atoms with van der Waals surface area (Å²) in [4.78, 5) is 2.43. The molecule has 2 rings (SSSR count). The maximum Gasteiger partial charge on any atom is 0.0933 e. The molecule has 88 valence electrons. The Hall–Kier alpha value is -0.160. The van der Waals surface area contributed by atoms with Gasteiger partial charge in [0.1, 0.15) is 0 Å². The van der Waals surface area contributed by atoms with Gasteiger partial charge in [0, 0.05) is 24.7 Å². The van der Waals surface area contributed by atoms with Gasteiger partial charge in [-0.25, -0.2) is 0 Å². The van der Waals surface area contributed by atoms with E-state index in [9.17, 15) is 0 Å². The molecule has 0 amide bonds. The maximum absolute atomic E-state index is 9.12. The quantitative estimate of drug-likeness (QED) is 0.676. The summed E-state index contributed by atoms with van der Waals surface area (Å²) >= 11 is 0. The van der Waals surface area contributed by atoms with E-state index in [0.717, 1.165) is 13.0 Å². The molecule has 0 aromatic heterocycles. The van der Waals surface area contributed by atoms with Crippen LogP contribution in [0.2, 0.25) is 0 Å². The van der Waals surface area contributed by atoms with Crippen molar-refractivity contribution < 1.29 is 9.84 Å². The fraction of sp³-hybridized carbons (Fsp3) is 1.00. The van der Waals surface area contributed by atoms with Crippen molar-refractivity contribution in [3.8, 4) is 0 Å². The number of aliphatic hydroxyl groups excluding tert-OH is 1. The molecule has 4 unspecified atom stereocenters. The standard InChI is InChI=1S/C11H22N2O2/c1-8-7-15-9(6-14)5-13(8)11-4-2-3-10(11)12/h8-11,14H,2-7,12H2,1H3. The van der Waals surface area contributed by atoms with Crippen LogP contribution in [-0.2, 0) is 4.74 Å². The molecule has 0 aromatic rings. The average Bonchev–Trinajstić information content (AvgIpc) is 2.65. The smallest absolute Gasteiger partial charge is 0.0933 e. The Morgan fingerprint density at radius 1 is 1.47 bits per heavy atom. The molecule has 1 saturated heterocycles. The van der Waals surface area contributed by atoms with Gasteiger partial charge in [0.15, 0.2) is 0 Å². The minimum Gasteiger partial charge on any atom is -0.394 e. The van der Waals surface area contributed by atoms with E-state index in [0.29, 0.717) is 24.7 Å². The molecule has 4 nitrogen and oxygen atoms in total. The number of aliphatic hydroxyl groups is 1. The average molecular weight is 214 g/mol. The molecule has 3 N–H and O–H groups in total. The molecule has 0 bridgehead atoms. The zero-order valence-corrected chi connectivity index (χ0v) is 9.43. The van der Waals surface area contributed by atoms with Crippen molar-refractivity contribution in [3.05, 3.63) is 0 Å². The first-order valence-electron chi connectivity index (χ1n) is 5.96. The molecule has 2 fully saturated rings. The first-order chi connectivity index (χ1) is 7.22. The third-order valence-electron chi connectivity index (χ3n) is 3.71. The molecule has 0 aromatic carbocycles. The van der Waals surface area contributed by atoms with Gasteiger partial charge < -0.3 is 15.6 Å². The molecule has 0 radical (unpaired) electrons. The van der Waals surface area contributed by atoms with Crippen LogP contribution in [-0.4, -0.2) is 54.0 Å². The SMILES string of the molecule is CC1COC(CO)CN1C1CCCC1N. The molecule has 1 heterocycles. The summed E-state index contributed by atoms with van der Waals surface area (Å²) < 4.78 is 5.53.